The summed E-state index contributed by atoms with van der Waals surface area (Å²) in [4.78, 5) is 43.0. The maximum Gasteiger partial charge on any atom is 0.408 e. The summed E-state index contributed by atoms with van der Waals surface area (Å²) in [5, 5.41) is 15.7. The zero-order chi connectivity index (χ0) is 30.7. The fourth-order valence-corrected chi connectivity index (χ4v) is 5.17. The lowest BCUT2D eigenvalue weighted by Crippen LogP contribution is -2.54. The topological polar surface area (TPSA) is 108 Å². The zero-order valence-corrected chi connectivity index (χ0v) is 25.3. The van der Waals surface area contributed by atoms with Crippen LogP contribution in [0.1, 0.15) is 95.4 Å². The summed E-state index contributed by atoms with van der Waals surface area (Å²) in [7, 11) is 0. The lowest BCUT2D eigenvalue weighted by atomic mass is 9.94. The Morgan fingerprint density at radius 3 is 2.26 bits per heavy atom. The molecule has 2 aromatic rings. The number of ether oxygens (including phenoxy) is 1. The second-order valence-electron chi connectivity index (χ2n) is 12.0. The molecule has 1 saturated carbocycles. The van der Waals surface area contributed by atoms with Crippen LogP contribution >= 0.6 is 0 Å². The summed E-state index contributed by atoms with van der Waals surface area (Å²) in [5.41, 5.74) is 1.29. The molecule has 0 radical (unpaired) electrons. The van der Waals surface area contributed by atoms with Crippen LogP contribution in [-0.4, -0.2) is 52.1 Å². The van der Waals surface area contributed by atoms with Crippen LogP contribution in [0.15, 0.2) is 48.5 Å². The van der Waals surface area contributed by atoms with Gasteiger partial charge in [-0.05, 0) is 75.4 Å². The van der Waals surface area contributed by atoms with E-state index in [0.29, 0.717) is 24.1 Å². The smallest absolute Gasteiger partial charge is 0.408 e. The van der Waals surface area contributed by atoms with Crippen LogP contribution < -0.4 is 10.6 Å². The number of carbonyl (C=O) groups is 3. The summed E-state index contributed by atoms with van der Waals surface area (Å²) >= 11 is 0. The van der Waals surface area contributed by atoms with Crippen LogP contribution in [0.2, 0.25) is 0 Å². The number of terminal acetylenes is 1. The SMILES string of the molecule is C#Cc1ccc(C(C(=O)NC2CCCCC2)N(CCCC)C(=O)C(Cc2ccc(O)cc2)NC(=O)OC(C)(C)C)cc1. The molecule has 1 aliphatic rings. The number of nitrogens with zero attached hydrogens (tertiary/aromatic N) is 1. The highest BCUT2D eigenvalue weighted by Crippen LogP contribution is 2.26. The number of hydrogen-bond acceptors (Lipinski definition) is 5. The quantitative estimate of drug-likeness (QED) is 0.301. The molecular weight excluding hydrogens is 530 g/mol. The summed E-state index contributed by atoms with van der Waals surface area (Å²) in [6, 6.07) is 11.7. The molecule has 3 amide bonds. The highest BCUT2D eigenvalue weighted by atomic mass is 16.6. The number of nitrogens with one attached hydrogen (secondary N) is 2. The van der Waals surface area contributed by atoms with Gasteiger partial charge in [-0.2, -0.15) is 0 Å². The second kappa shape index (κ2) is 15.3. The Morgan fingerprint density at radius 1 is 1.05 bits per heavy atom. The highest BCUT2D eigenvalue weighted by molar-refractivity contribution is 5.92. The Bertz CT molecular complexity index is 1220. The van der Waals surface area contributed by atoms with Gasteiger partial charge in [0.15, 0.2) is 0 Å². The van der Waals surface area contributed by atoms with Crippen molar-refractivity contribution in [3.63, 3.8) is 0 Å². The Labute approximate surface area is 250 Å². The molecule has 8 nitrogen and oxygen atoms in total. The summed E-state index contributed by atoms with van der Waals surface area (Å²) in [6.45, 7) is 7.60. The molecule has 0 heterocycles. The highest BCUT2D eigenvalue weighted by Gasteiger charge is 2.37. The molecule has 1 aliphatic carbocycles. The van der Waals surface area contributed by atoms with Gasteiger partial charge in [0.1, 0.15) is 23.4 Å². The van der Waals surface area contributed by atoms with Crippen molar-refractivity contribution in [2.24, 2.45) is 0 Å². The molecular formula is C34H45N3O5. The number of benzene rings is 2. The van der Waals surface area contributed by atoms with E-state index >= 15 is 0 Å². The molecule has 2 atom stereocenters. The number of aromatic hydroxyl groups is 1. The Morgan fingerprint density at radius 2 is 1.69 bits per heavy atom. The zero-order valence-electron chi connectivity index (χ0n) is 25.3. The first-order chi connectivity index (χ1) is 20.0. The molecule has 3 N–H and O–H groups in total. The molecule has 2 aromatic carbocycles. The first kappa shape index (κ1) is 32.5. The normalized spacial score (nSPS) is 15.1. The van der Waals surface area contributed by atoms with Gasteiger partial charge < -0.3 is 25.4 Å². The van der Waals surface area contributed by atoms with Gasteiger partial charge in [-0.3, -0.25) is 9.59 Å². The maximum absolute atomic E-state index is 14.5. The summed E-state index contributed by atoms with van der Waals surface area (Å²) in [5.74, 6) is 2.06. The molecule has 226 valence electrons. The third-order valence-corrected chi connectivity index (χ3v) is 7.31. The molecule has 0 bridgehead atoms. The van der Waals surface area contributed by atoms with Gasteiger partial charge in [-0.1, -0.05) is 62.8 Å². The van der Waals surface area contributed by atoms with E-state index < -0.39 is 29.7 Å². The minimum absolute atomic E-state index is 0.0505. The van der Waals surface area contributed by atoms with E-state index in [0.717, 1.165) is 44.1 Å². The molecule has 3 rings (SSSR count). The largest absolute Gasteiger partial charge is 0.508 e. The van der Waals surface area contributed by atoms with Crippen LogP contribution in [0.25, 0.3) is 0 Å². The van der Waals surface area contributed by atoms with Crippen LogP contribution in [0.3, 0.4) is 0 Å². The lowest BCUT2D eigenvalue weighted by Gasteiger charge is -2.36. The van der Waals surface area contributed by atoms with Crippen molar-refractivity contribution >= 4 is 17.9 Å². The third kappa shape index (κ3) is 9.83. The lowest BCUT2D eigenvalue weighted by molar-refractivity contribution is -0.143. The van der Waals surface area contributed by atoms with Gasteiger partial charge in [-0.15, -0.1) is 6.42 Å². The standard InChI is InChI=1S/C34H45N3O5/c1-6-8-22-37(30(26-18-14-24(7-2)15-19-26)31(39)35-27-12-10-9-11-13-27)32(40)29(36-33(41)42-34(3,4)5)23-25-16-20-28(38)21-17-25/h2,14-21,27,29-30,38H,6,8-13,22-23H2,1,3-5H3,(H,35,39)(H,36,41). The molecule has 8 heteroatoms. The van der Waals surface area contributed by atoms with E-state index in [4.69, 9.17) is 11.2 Å². The van der Waals surface area contributed by atoms with Crippen molar-refractivity contribution in [3.05, 3.63) is 65.2 Å². The second-order valence-corrected chi connectivity index (χ2v) is 12.0. The van der Waals surface area contributed by atoms with Crippen molar-refractivity contribution in [3.8, 4) is 18.1 Å². The average molecular weight is 576 g/mol. The van der Waals surface area contributed by atoms with Gasteiger partial charge >= 0.3 is 6.09 Å². The molecule has 0 aromatic heterocycles. The van der Waals surface area contributed by atoms with Gasteiger partial charge in [0.25, 0.3) is 0 Å². The van der Waals surface area contributed by atoms with Crippen molar-refractivity contribution in [1.82, 2.24) is 15.5 Å². The fraction of sp³-hybridized carbons (Fsp3) is 0.500. The minimum Gasteiger partial charge on any atom is -0.508 e. The number of hydrogen-bond donors (Lipinski definition) is 3. The average Bonchev–Trinajstić information content (AvgIpc) is 2.95. The first-order valence-electron chi connectivity index (χ1n) is 15.0. The van der Waals surface area contributed by atoms with E-state index in [1.165, 1.54) is 12.1 Å². The molecule has 1 fully saturated rings. The number of carbonyl (C=O) groups excluding carboxylic acids is 3. The van der Waals surface area contributed by atoms with E-state index in [-0.39, 0.29) is 24.1 Å². The molecule has 0 spiro atoms. The van der Waals surface area contributed by atoms with Gasteiger partial charge in [0.05, 0.1) is 0 Å². The molecule has 0 aliphatic heterocycles. The minimum atomic E-state index is -1.02. The van der Waals surface area contributed by atoms with Gasteiger partial charge in [-0.25, -0.2) is 4.79 Å². The number of phenols is 1. The van der Waals surface area contributed by atoms with Crippen molar-refractivity contribution in [2.45, 2.75) is 103 Å². The Kier molecular flexibility index (Phi) is 11.8. The third-order valence-electron chi connectivity index (χ3n) is 7.31. The van der Waals surface area contributed by atoms with Crippen LogP contribution in [0, 0.1) is 12.3 Å². The van der Waals surface area contributed by atoms with E-state index in [2.05, 4.69) is 16.6 Å². The van der Waals surface area contributed by atoms with Crippen LogP contribution in [0.5, 0.6) is 5.75 Å². The predicted octanol–water partition coefficient (Wildman–Crippen LogP) is 5.63. The number of rotatable bonds is 11. The molecule has 0 saturated heterocycles. The number of alkyl carbamates (subject to hydrolysis) is 1. The molecule has 42 heavy (non-hydrogen) atoms. The van der Waals surface area contributed by atoms with Gasteiger partial charge in [0, 0.05) is 24.6 Å². The van der Waals surface area contributed by atoms with Crippen LogP contribution in [0.4, 0.5) is 4.79 Å². The fourth-order valence-electron chi connectivity index (χ4n) is 5.17. The Hall–Kier alpha value is -3.99. The van der Waals surface area contributed by atoms with Crippen molar-refractivity contribution in [2.75, 3.05) is 6.54 Å². The number of amides is 3. The number of phenolic OH excluding ortho intramolecular Hbond substituents is 1. The summed E-state index contributed by atoms with van der Waals surface area (Å²) in [6.07, 6.45) is 11.5. The van der Waals surface area contributed by atoms with Crippen LogP contribution in [-0.2, 0) is 20.7 Å². The van der Waals surface area contributed by atoms with Crippen molar-refractivity contribution in [1.29, 1.82) is 0 Å². The van der Waals surface area contributed by atoms with E-state index in [1.807, 2.05) is 6.92 Å². The summed E-state index contributed by atoms with van der Waals surface area (Å²) < 4.78 is 5.50. The molecule has 2 unspecified atom stereocenters. The van der Waals surface area contributed by atoms with Gasteiger partial charge in [0.2, 0.25) is 11.8 Å². The monoisotopic (exact) mass is 575 g/mol. The van der Waals surface area contributed by atoms with Crippen molar-refractivity contribution < 1.29 is 24.2 Å². The van der Waals surface area contributed by atoms with E-state index in [9.17, 15) is 19.5 Å². The maximum atomic E-state index is 14.5. The number of unbranched alkanes of at least 4 members (excludes halogenated alkanes) is 1. The Balaban J connectivity index is 2.02. The van der Waals surface area contributed by atoms with E-state index in [1.54, 1.807) is 62.1 Å². The predicted molar refractivity (Wildman–Crippen MR) is 164 cm³/mol. The first-order valence-corrected chi connectivity index (χ1v) is 15.0.